The lowest BCUT2D eigenvalue weighted by Gasteiger charge is -2.09. The van der Waals surface area contributed by atoms with Gasteiger partial charge in [-0.05, 0) is 126 Å². The number of hydrogen-bond donors (Lipinski definition) is 5. The number of nitrogens with one attached hydrogen (secondary N) is 1. The third kappa shape index (κ3) is 23.7. The fraction of sp³-hybridized carbons (Fsp3) is 0.312. The van der Waals surface area contributed by atoms with Gasteiger partial charge in [-0.25, -0.2) is 53.3 Å². The molecule has 13 aromatic heterocycles. The zero-order chi connectivity index (χ0) is 92.3. The number of carbonyl (C=O) groups is 3. The van der Waals surface area contributed by atoms with Crippen molar-refractivity contribution in [3.05, 3.63) is 172 Å². The first-order chi connectivity index (χ1) is 62.8. The quantitative estimate of drug-likeness (QED) is 0.0180. The highest BCUT2D eigenvalue weighted by Gasteiger charge is 2.30. The molecule has 0 aliphatic carbocycles. The first-order valence-corrected chi connectivity index (χ1v) is 55.4. The third-order valence-corrected chi connectivity index (χ3v) is 36.9. The molecule has 1 amide bonds. The summed E-state index contributed by atoms with van der Waals surface area (Å²) < 4.78 is 74.1. The average Bonchev–Trinajstić information content (AvgIpc) is 1.58. The van der Waals surface area contributed by atoms with Gasteiger partial charge in [0.25, 0.3) is 0 Å². The Hall–Kier alpha value is -9.67. The summed E-state index contributed by atoms with van der Waals surface area (Å²) in [6, 6.07) is 32.1. The highest BCUT2D eigenvalue weighted by atomic mass is 35.5. The molecule has 130 heavy (non-hydrogen) atoms. The van der Waals surface area contributed by atoms with Crippen LogP contribution in [0.15, 0.2) is 166 Å². The monoisotopic (exact) mass is 1990 g/mol. The number of ketones is 1. The number of anilines is 4. The van der Waals surface area contributed by atoms with E-state index in [0.29, 0.717) is 113 Å². The van der Waals surface area contributed by atoms with Gasteiger partial charge in [0.15, 0.2) is 9.84 Å². The Labute approximate surface area is 800 Å². The van der Waals surface area contributed by atoms with Crippen LogP contribution >= 0.6 is 102 Å². The fourth-order valence-corrected chi connectivity index (χ4v) is 28.0. The largest absolute Gasteiger partial charge is 0.461 e. The van der Waals surface area contributed by atoms with E-state index in [9.17, 15) is 35.4 Å². The maximum absolute atomic E-state index is 12.9. The van der Waals surface area contributed by atoms with E-state index in [2.05, 4.69) is 75.3 Å². The van der Waals surface area contributed by atoms with Crippen LogP contribution in [-0.4, -0.2) is 117 Å². The number of esters is 1. The van der Waals surface area contributed by atoms with Gasteiger partial charge >= 0.3 is 5.97 Å². The summed E-state index contributed by atoms with van der Waals surface area (Å²) in [5, 5.41) is 16.9. The molecule has 16 rings (SSSR count). The van der Waals surface area contributed by atoms with Crippen LogP contribution in [0.3, 0.4) is 0 Å². The molecule has 0 fully saturated rings. The summed E-state index contributed by atoms with van der Waals surface area (Å²) in [5.74, 6) is 3.15. The molecule has 24 nitrogen and oxygen atoms in total. The number of halogens is 1. The van der Waals surface area contributed by atoms with Crippen LogP contribution in [0.2, 0.25) is 0 Å². The smallest absolute Gasteiger partial charge is 0.306 e. The number of thiophene rings is 4. The normalized spacial score (nSPS) is 12.2. The molecule has 13 heterocycles. The highest BCUT2D eigenvalue weighted by molar-refractivity contribution is 7.93. The number of alkyl halides is 1. The molecule has 3 aromatic carbocycles. The molecule has 3 unspecified atom stereocenters. The lowest BCUT2D eigenvalue weighted by molar-refractivity contribution is -0.145. The minimum Gasteiger partial charge on any atom is -0.461 e. The standard InChI is InChI=1S/C26H29N3O2S3.C25H26ClN3O3S3.C23H24N4O2S3.C19H21N5O2S3/c1-3-5-15-34(31)26-23(27)22-20(16-21(29-25(22)33-26)24-28-13-14-32-24)18-10-7-17(8-11-18)9-12-19(30)6-4-2;1-2-3-13-35(31)25-22(27)21-18(14-19(29-24(21)34-25)23-28-11-12-33-23)17-8-6-16(7-9-17)15-32-20(30)5-4-10-26;1-3-4-11-32(29)23-20(24)19-17(16-7-5-15(6-8-16)13-26-14(2)28)12-18(27-22(19)31-23)21-25-9-10-30-21;1-4-5-8-29(25,26)19-16(20)15-12(14-10-22-11(2)24(14)3)9-13(23-18(15)28-19)17-21-6-7-27-17/h7-8,10-11,13-14,16H,3-6,9,12,15,27H2,1-2H3;6-9,11-12,14H,2-5,10,13,15,27H2,1H3;5-10,12H,3-4,11,13,24H2,1-2H3,(H,26,28);6-7,9-10H,4-5,8,20H2,1-3H3. The molecule has 0 saturated carbocycles. The molecule has 9 N–H and O–H groups in total. The number of unbranched alkanes of at least 4 members (excludes halogenated alkanes) is 4. The van der Waals surface area contributed by atoms with E-state index in [1.807, 2.05) is 127 Å². The Morgan fingerprint density at radius 2 is 0.862 bits per heavy atom. The Balaban J connectivity index is 0.000000148. The van der Waals surface area contributed by atoms with Crippen LogP contribution < -0.4 is 28.3 Å². The summed E-state index contributed by atoms with van der Waals surface area (Å²) in [7, 11) is -4.99. The second-order valence-electron chi connectivity index (χ2n) is 30.4. The van der Waals surface area contributed by atoms with Gasteiger partial charge in [-0.15, -0.1) is 102 Å². The average molecular weight is 1990 g/mol. The van der Waals surface area contributed by atoms with Crippen molar-refractivity contribution in [2.75, 3.05) is 51.8 Å². The van der Waals surface area contributed by atoms with Crippen molar-refractivity contribution in [3.63, 3.8) is 0 Å². The number of fused-ring (bicyclic) bond motifs is 4. The van der Waals surface area contributed by atoms with Crippen LogP contribution in [0, 0.1) is 6.92 Å². The van der Waals surface area contributed by atoms with E-state index in [1.54, 1.807) is 42.3 Å². The molecule has 0 saturated heterocycles. The highest BCUT2D eigenvalue weighted by Crippen LogP contribution is 2.49. The van der Waals surface area contributed by atoms with Crippen LogP contribution in [0.25, 0.3) is 128 Å². The number of benzene rings is 3. The number of rotatable bonds is 36. The van der Waals surface area contributed by atoms with Gasteiger partial charge < -0.3 is 37.6 Å². The fourth-order valence-electron chi connectivity index (χ4n) is 13.9. The number of carbonyl (C=O) groups excluding carboxylic acids is 3. The minimum absolute atomic E-state index is 0.0624. The summed E-state index contributed by atoms with van der Waals surface area (Å²) in [5.41, 5.74) is 41.5. The van der Waals surface area contributed by atoms with Crippen LogP contribution in [0.1, 0.15) is 148 Å². The number of sulfone groups is 1. The van der Waals surface area contributed by atoms with Gasteiger partial charge in [0.2, 0.25) is 5.91 Å². The van der Waals surface area contributed by atoms with E-state index < -0.39 is 42.2 Å². The topological polar surface area (TPSA) is 383 Å². The summed E-state index contributed by atoms with van der Waals surface area (Å²) in [6.45, 7) is 14.4. The molecule has 0 aliphatic rings. The maximum atomic E-state index is 12.9. The number of nitrogen functional groups attached to an aromatic ring is 4. The summed E-state index contributed by atoms with van der Waals surface area (Å²) in [4.78, 5) is 79.0. The van der Waals surface area contributed by atoms with Crippen LogP contribution in [-0.2, 0) is 88.0 Å². The van der Waals surface area contributed by atoms with E-state index in [1.165, 1.54) is 74.9 Å². The molecule has 0 aliphatic heterocycles. The number of aromatic nitrogens is 10. The molecular weight excluding hydrogens is 1890 g/mol. The Bertz CT molecular complexity index is 6800. The van der Waals surface area contributed by atoms with Crippen molar-refractivity contribution >= 4 is 226 Å². The van der Waals surface area contributed by atoms with E-state index in [-0.39, 0.29) is 34.1 Å². The zero-order valence-corrected chi connectivity index (χ0v) is 83.6. The van der Waals surface area contributed by atoms with Gasteiger partial charge in [0, 0.05) is 136 Å². The lowest BCUT2D eigenvalue weighted by Crippen LogP contribution is -2.18. The number of imidazole rings is 1. The number of amides is 1. The number of thiazole rings is 4. The molecular formula is C93H100ClN15O9S12. The van der Waals surface area contributed by atoms with Crippen molar-refractivity contribution in [1.82, 2.24) is 54.7 Å². The lowest BCUT2D eigenvalue weighted by atomic mass is 9.98. The van der Waals surface area contributed by atoms with Crippen molar-refractivity contribution in [3.8, 4) is 87.4 Å². The Morgan fingerprint density at radius 3 is 1.22 bits per heavy atom. The third-order valence-electron chi connectivity index (χ3n) is 21.0. The van der Waals surface area contributed by atoms with Crippen molar-refractivity contribution < 1.29 is 40.2 Å². The van der Waals surface area contributed by atoms with Gasteiger partial charge in [0.05, 0.1) is 72.8 Å². The van der Waals surface area contributed by atoms with Crippen LogP contribution in [0.5, 0.6) is 0 Å². The molecule has 0 spiro atoms. The number of Topliss-reactive ketones (excluding diaryl/α,β-unsaturated/α-hetero) is 1. The number of hydrogen-bond acceptors (Lipinski definition) is 30. The zero-order valence-electron chi connectivity index (χ0n) is 73.0. The van der Waals surface area contributed by atoms with Gasteiger partial charge in [0.1, 0.15) is 97.2 Å². The van der Waals surface area contributed by atoms with Gasteiger partial charge in [-0.2, -0.15) is 0 Å². The summed E-state index contributed by atoms with van der Waals surface area (Å²) in [6.07, 6.45) is 19.6. The van der Waals surface area contributed by atoms with Crippen LogP contribution in [0.4, 0.5) is 22.7 Å². The molecule has 16 aromatic rings. The molecule has 0 bridgehead atoms. The van der Waals surface area contributed by atoms with Crippen molar-refractivity contribution in [2.24, 2.45) is 7.05 Å². The summed E-state index contributed by atoms with van der Waals surface area (Å²) >= 11 is 17.1. The van der Waals surface area contributed by atoms with Crippen molar-refractivity contribution in [2.45, 2.75) is 168 Å². The van der Waals surface area contributed by atoms with E-state index in [0.717, 1.165) is 204 Å². The van der Waals surface area contributed by atoms with Crippen molar-refractivity contribution in [1.29, 1.82) is 0 Å². The second kappa shape index (κ2) is 46.1. The first-order valence-electron chi connectivity index (χ1n) is 42.5. The molecule has 3 atom stereocenters. The molecule has 0 radical (unpaired) electrons. The Morgan fingerprint density at radius 1 is 0.477 bits per heavy atom. The predicted octanol–water partition coefficient (Wildman–Crippen LogP) is 23.0. The second-order valence-corrected chi connectivity index (χ2v) is 45.9. The van der Waals surface area contributed by atoms with Gasteiger partial charge in [-0.1, -0.05) is 133 Å². The number of ether oxygens (including phenoxy) is 1. The number of nitrogens with zero attached hydrogens (tertiary/aromatic N) is 10. The molecule has 37 heteroatoms. The van der Waals surface area contributed by atoms with Gasteiger partial charge in [-0.3, -0.25) is 27.0 Å². The minimum atomic E-state index is -3.47. The molecule has 680 valence electrons. The maximum Gasteiger partial charge on any atom is 0.306 e. The van der Waals surface area contributed by atoms with E-state index in [4.69, 9.17) is 59.2 Å². The SMILES string of the molecule is CCCCS(=O)(=O)c1sc2nc(-c3nccs3)cc(-c3cnc(C)n3C)c2c1N.CCCCS(=O)c1sc2nc(-c3nccs3)cc(-c3ccc(CCC(=O)CCC)cc3)c2c1N.CCCCS(=O)c1sc2nc(-c3nccs3)cc(-c3ccc(CNC(C)=O)cc3)c2c1N.CCCCS(=O)c1sc2nc(-c3nccs3)cc(-c3ccc(COC(=O)CCCCl)cc3)c2c1N. The number of nitrogens with two attached hydrogens (primary N) is 4. The van der Waals surface area contributed by atoms with E-state index >= 15 is 0 Å². The number of pyridine rings is 4. The first kappa shape index (κ1) is 97.8. The number of aryl methyl sites for hydroxylation is 2. The predicted molar refractivity (Wildman–Crippen MR) is 545 cm³/mol. The Kier molecular flexibility index (Phi) is 34.7.